The molecule has 0 radical (unpaired) electrons. The highest BCUT2D eigenvalue weighted by atomic mass is 79.9. The molecular weight excluding hydrogens is 448 g/mol. The summed E-state index contributed by atoms with van der Waals surface area (Å²) in [6.45, 7) is 7.52. The summed E-state index contributed by atoms with van der Waals surface area (Å²) < 4.78 is 19.9. The van der Waals surface area contributed by atoms with Crippen LogP contribution in [0.4, 0.5) is 0 Å². The third-order valence-corrected chi connectivity index (χ3v) is 6.09. The van der Waals surface area contributed by atoms with Gasteiger partial charge in [0.1, 0.15) is 0 Å². The topological polar surface area (TPSA) is 105 Å². The Labute approximate surface area is 178 Å². The molecule has 0 saturated carbocycles. The number of esters is 4. The van der Waals surface area contributed by atoms with E-state index in [2.05, 4.69) is 29.1 Å². The van der Waals surface area contributed by atoms with Gasteiger partial charge in [-0.1, -0.05) is 34.2 Å². The molecular formula is C20H25BrO8. The van der Waals surface area contributed by atoms with Crippen LogP contribution in [0.25, 0.3) is 0 Å². The van der Waals surface area contributed by atoms with Gasteiger partial charge < -0.3 is 18.9 Å². The molecule has 0 fully saturated rings. The molecule has 0 spiro atoms. The number of halogens is 1. The van der Waals surface area contributed by atoms with Crippen molar-refractivity contribution < 1.29 is 38.1 Å². The van der Waals surface area contributed by atoms with E-state index in [4.69, 9.17) is 18.9 Å². The number of carbonyl (C=O) groups excluding carboxylic acids is 4. The van der Waals surface area contributed by atoms with Gasteiger partial charge in [-0.05, 0) is 24.8 Å². The number of rotatable bonds is 8. The predicted molar refractivity (Wildman–Crippen MR) is 107 cm³/mol. The second-order valence-electron chi connectivity index (χ2n) is 6.67. The SMILES string of the molecule is C=CCC(CC1=C(Br)C(=C)CC(C(=O)OC)(C(=O)OC)C1)(C(=O)OC)C(=O)OC. The van der Waals surface area contributed by atoms with Crippen LogP contribution in [-0.2, 0) is 38.1 Å². The molecule has 1 rings (SSSR count). The summed E-state index contributed by atoms with van der Waals surface area (Å²) in [5, 5.41) is 0. The lowest BCUT2D eigenvalue weighted by Gasteiger charge is -2.37. The first-order chi connectivity index (χ1) is 13.6. The fourth-order valence-corrected chi connectivity index (χ4v) is 3.99. The van der Waals surface area contributed by atoms with Crippen molar-refractivity contribution in [2.45, 2.75) is 25.7 Å². The van der Waals surface area contributed by atoms with Crippen LogP contribution in [-0.4, -0.2) is 52.3 Å². The zero-order valence-corrected chi connectivity index (χ0v) is 18.5. The van der Waals surface area contributed by atoms with Crippen LogP contribution in [0.2, 0.25) is 0 Å². The van der Waals surface area contributed by atoms with Gasteiger partial charge in [-0.3, -0.25) is 19.2 Å². The van der Waals surface area contributed by atoms with Crippen molar-refractivity contribution in [3.05, 3.63) is 34.9 Å². The van der Waals surface area contributed by atoms with E-state index in [1.165, 1.54) is 6.08 Å². The summed E-state index contributed by atoms with van der Waals surface area (Å²) in [4.78, 5) is 50.3. The van der Waals surface area contributed by atoms with E-state index in [1.54, 1.807) is 0 Å². The molecule has 0 saturated heterocycles. The Morgan fingerprint density at radius 1 is 1.00 bits per heavy atom. The Kier molecular flexibility index (Phi) is 8.37. The number of hydrogen-bond acceptors (Lipinski definition) is 8. The van der Waals surface area contributed by atoms with Crippen LogP contribution in [0.5, 0.6) is 0 Å². The molecule has 0 atom stereocenters. The van der Waals surface area contributed by atoms with E-state index in [1.807, 2.05) is 0 Å². The highest BCUT2D eigenvalue weighted by Crippen LogP contribution is 2.49. The Bertz CT molecular complexity index is 732. The number of ether oxygens (including phenoxy) is 4. The van der Waals surface area contributed by atoms with E-state index in [9.17, 15) is 19.2 Å². The van der Waals surface area contributed by atoms with Crippen LogP contribution in [0, 0.1) is 10.8 Å². The molecule has 0 bridgehead atoms. The van der Waals surface area contributed by atoms with Crippen molar-refractivity contribution in [1.29, 1.82) is 0 Å². The minimum absolute atomic E-state index is 0.0403. The Hall–Kier alpha value is -2.42. The zero-order valence-electron chi connectivity index (χ0n) is 17.0. The Morgan fingerprint density at radius 2 is 1.48 bits per heavy atom. The van der Waals surface area contributed by atoms with Crippen molar-refractivity contribution in [2.75, 3.05) is 28.4 Å². The van der Waals surface area contributed by atoms with Gasteiger partial charge >= 0.3 is 23.9 Å². The fourth-order valence-electron chi connectivity index (χ4n) is 3.57. The largest absolute Gasteiger partial charge is 0.468 e. The summed E-state index contributed by atoms with van der Waals surface area (Å²) in [6, 6.07) is 0. The molecule has 0 N–H and O–H groups in total. The lowest BCUT2D eigenvalue weighted by Crippen LogP contribution is -2.46. The van der Waals surface area contributed by atoms with Gasteiger partial charge in [0.25, 0.3) is 0 Å². The van der Waals surface area contributed by atoms with Crippen molar-refractivity contribution in [3.8, 4) is 0 Å². The zero-order chi connectivity index (χ0) is 22.4. The second kappa shape index (κ2) is 9.87. The second-order valence-corrected chi connectivity index (χ2v) is 7.47. The standard InChI is InChI=1S/C20H25BrO8/c1-7-8-19(15(22)26-3,16(23)27-4)10-13-11-20(17(24)28-5,18(25)29-6)9-12(2)14(13)21/h7H,1-2,8-11H2,3-6H3. The Balaban J connectivity index is 3.61. The maximum Gasteiger partial charge on any atom is 0.323 e. The number of carbonyl (C=O) groups is 4. The van der Waals surface area contributed by atoms with Crippen molar-refractivity contribution in [3.63, 3.8) is 0 Å². The minimum atomic E-state index is -1.74. The highest BCUT2D eigenvalue weighted by Gasteiger charge is 2.55. The lowest BCUT2D eigenvalue weighted by atomic mass is 9.68. The molecule has 0 aromatic carbocycles. The third-order valence-electron chi connectivity index (χ3n) is 4.96. The first kappa shape index (κ1) is 24.6. The monoisotopic (exact) mass is 472 g/mol. The average molecular weight is 473 g/mol. The smallest absolute Gasteiger partial charge is 0.323 e. The van der Waals surface area contributed by atoms with E-state index in [-0.39, 0.29) is 25.7 Å². The van der Waals surface area contributed by atoms with Gasteiger partial charge in [-0.2, -0.15) is 0 Å². The summed E-state index contributed by atoms with van der Waals surface area (Å²) in [6.07, 6.45) is 0.952. The van der Waals surface area contributed by atoms with Crippen LogP contribution >= 0.6 is 15.9 Å². The lowest BCUT2D eigenvalue weighted by molar-refractivity contribution is -0.169. The molecule has 29 heavy (non-hydrogen) atoms. The summed E-state index contributed by atoms with van der Waals surface area (Å²) in [5.41, 5.74) is -2.58. The predicted octanol–water partition coefficient (Wildman–Crippen LogP) is 2.62. The molecule has 0 aromatic rings. The number of allylic oxidation sites excluding steroid dienone is 4. The molecule has 0 aromatic heterocycles. The molecule has 9 heteroatoms. The van der Waals surface area contributed by atoms with Crippen molar-refractivity contribution in [1.82, 2.24) is 0 Å². The van der Waals surface area contributed by atoms with Crippen molar-refractivity contribution >= 4 is 39.8 Å². The van der Waals surface area contributed by atoms with Crippen LogP contribution in [0.3, 0.4) is 0 Å². The quantitative estimate of drug-likeness (QED) is 0.229. The number of hydrogen-bond donors (Lipinski definition) is 0. The maximum absolute atomic E-state index is 12.6. The van der Waals surface area contributed by atoms with Gasteiger partial charge in [-0.25, -0.2) is 0 Å². The number of methoxy groups -OCH3 is 4. The molecule has 8 nitrogen and oxygen atoms in total. The van der Waals surface area contributed by atoms with Gasteiger partial charge in [-0.15, -0.1) is 6.58 Å². The highest BCUT2D eigenvalue weighted by molar-refractivity contribution is 9.12. The van der Waals surface area contributed by atoms with E-state index in [0.717, 1.165) is 28.4 Å². The molecule has 1 aliphatic carbocycles. The van der Waals surface area contributed by atoms with E-state index >= 15 is 0 Å². The molecule has 1 aliphatic rings. The molecule has 0 amide bonds. The average Bonchev–Trinajstić information content (AvgIpc) is 2.73. The molecule has 0 unspecified atom stereocenters. The molecule has 0 heterocycles. The molecule has 160 valence electrons. The Morgan fingerprint density at radius 3 is 1.86 bits per heavy atom. The molecule has 0 aliphatic heterocycles. The van der Waals surface area contributed by atoms with E-state index < -0.39 is 34.7 Å². The normalized spacial score (nSPS) is 16.0. The van der Waals surface area contributed by atoms with Gasteiger partial charge in [0.05, 0.1) is 28.4 Å². The maximum atomic E-state index is 12.6. The summed E-state index contributed by atoms with van der Waals surface area (Å²) >= 11 is 3.41. The van der Waals surface area contributed by atoms with E-state index in [0.29, 0.717) is 15.6 Å². The third kappa shape index (κ3) is 4.44. The van der Waals surface area contributed by atoms with Gasteiger partial charge in [0.15, 0.2) is 10.8 Å². The van der Waals surface area contributed by atoms with Crippen LogP contribution in [0.15, 0.2) is 34.9 Å². The minimum Gasteiger partial charge on any atom is -0.468 e. The fraction of sp³-hybridized carbons (Fsp3) is 0.500. The van der Waals surface area contributed by atoms with Crippen LogP contribution in [0.1, 0.15) is 25.7 Å². The van der Waals surface area contributed by atoms with Crippen LogP contribution < -0.4 is 0 Å². The van der Waals surface area contributed by atoms with Gasteiger partial charge in [0.2, 0.25) is 0 Å². The first-order valence-electron chi connectivity index (χ1n) is 8.60. The summed E-state index contributed by atoms with van der Waals surface area (Å²) in [5.74, 6) is -3.24. The first-order valence-corrected chi connectivity index (χ1v) is 9.39. The van der Waals surface area contributed by atoms with Gasteiger partial charge in [0, 0.05) is 10.9 Å². The summed E-state index contributed by atoms with van der Waals surface area (Å²) in [7, 11) is 4.63. The van der Waals surface area contributed by atoms with Crippen molar-refractivity contribution in [2.24, 2.45) is 10.8 Å².